The number of allylic oxidation sites excluding steroid dienone is 4. The quantitative estimate of drug-likeness (QED) is 0.727. The van der Waals surface area contributed by atoms with E-state index in [0.29, 0.717) is 5.56 Å². The number of carbonyl (C=O) groups is 1. The maximum atomic E-state index is 13.0. The molecule has 0 fully saturated rings. The third kappa shape index (κ3) is 3.95. The zero-order valence-electron chi connectivity index (χ0n) is 12.3. The summed E-state index contributed by atoms with van der Waals surface area (Å²) in [4.78, 5) is 13.5. The normalized spacial score (nSPS) is 17.0. The number of thiol groups is 1. The molecular weight excluding hydrogens is 327 g/mol. The van der Waals surface area contributed by atoms with Crippen LogP contribution in [0.25, 0.3) is 0 Å². The summed E-state index contributed by atoms with van der Waals surface area (Å²) in [7, 11) is 0. The van der Waals surface area contributed by atoms with Crippen LogP contribution in [0.15, 0.2) is 76.6 Å². The van der Waals surface area contributed by atoms with Gasteiger partial charge in [-0.25, -0.2) is 4.39 Å². The van der Waals surface area contributed by atoms with Crippen molar-refractivity contribution in [3.63, 3.8) is 0 Å². The van der Waals surface area contributed by atoms with E-state index in [1.807, 2.05) is 30.3 Å². The molecule has 4 heteroatoms. The Kier molecular flexibility index (Phi) is 5.03. The molecule has 0 radical (unpaired) electrons. The zero-order valence-corrected chi connectivity index (χ0v) is 14.0. The first kappa shape index (κ1) is 16.1. The van der Waals surface area contributed by atoms with Gasteiger partial charge < -0.3 is 0 Å². The molecule has 1 atom stereocenters. The standard InChI is InChI=1S/C19H15FOS2/c20-15-9-11-16(12-10-15)23-18-4-2-1-3-17(18)13-5-7-14(8-6-13)19(21)22/h1-2,4-12,17H,3H2,(H,21,22). The van der Waals surface area contributed by atoms with Crippen LogP contribution in [0.2, 0.25) is 0 Å². The van der Waals surface area contributed by atoms with E-state index < -0.39 is 0 Å². The van der Waals surface area contributed by atoms with Gasteiger partial charge in [-0.2, -0.15) is 0 Å². The molecule has 116 valence electrons. The van der Waals surface area contributed by atoms with E-state index in [4.69, 9.17) is 0 Å². The van der Waals surface area contributed by atoms with E-state index >= 15 is 0 Å². The first-order valence-corrected chi connectivity index (χ1v) is 8.53. The molecule has 1 aliphatic carbocycles. The first-order valence-electron chi connectivity index (χ1n) is 7.27. The van der Waals surface area contributed by atoms with Gasteiger partial charge in [0, 0.05) is 16.4 Å². The van der Waals surface area contributed by atoms with Crippen molar-refractivity contribution in [1.82, 2.24) is 0 Å². The SMILES string of the molecule is O=C(S)c1ccc(C2CC=CC=C2Sc2ccc(F)cc2)cc1. The fourth-order valence-electron chi connectivity index (χ4n) is 2.51. The van der Waals surface area contributed by atoms with E-state index in [1.165, 1.54) is 17.0 Å². The van der Waals surface area contributed by atoms with Crippen LogP contribution in [-0.2, 0) is 0 Å². The number of hydrogen-bond donors (Lipinski definition) is 1. The van der Waals surface area contributed by atoms with Crippen molar-refractivity contribution in [1.29, 1.82) is 0 Å². The van der Waals surface area contributed by atoms with Gasteiger partial charge in [0.1, 0.15) is 5.82 Å². The van der Waals surface area contributed by atoms with Gasteiger partial charge in [0.25, 0.3) is 0 Å². The first-order chi connectivity index (χ1) is 11.1. The van der Waals surface area contributed by atoms with Crippen molar-refractivity contribution in [2.45, 2.75) is 17.2 Å². The van der Waals surface area contributed by atoms with Crippen molar-refractivity contribution in [2.75, 3.05) is 0 Å². The number of carbonyl (C=O) groups excluding carboxylic acids is 1. The second kappa shape index (κ2) is 7.20. The molecule has 3 rings (SSSR count). The van der Waals surface area contributed by atoms with E-state index in [0.717, 1.165) is 16.9 Å². The summed E-state index contributed by atoms with van der Waals surface area (Å²) in [5.74, 6) is 0.0227. The summed E-state index contributed by atoms with van der Waals surface area (Å²) in [6.07, 6.45) is 7.19. The highest BCUT2D eigenvalue weighted by Gasteiger charge is 2.19. The van der Waals surface area contributed by atoms with Crippen LogP contribution in [-0.4, -0.2) is 5.12 Å². The minimum absolute atomic E-state index is 0.225. The molecule has 23 heavy (non-hydrogen) atoms. The Hall–Kier alpha value is -1.78. The van der Waals surface area contributed by atoms with Crippen LogP contribution >= 0.6 is 24.4 Å². The zero-order chi connectivity index (χ0) is 16.2. The number of rotatable bonds is 4. The Bertz CT molecular complexity index is 761. The van der Waals surface area contributed by atoms with Crippen molar-refractivity contribution >= 4 is 29.5 Å². The monoisotopic (exact) mass is 342 g/mol. The minimum Gasteiger partial charge on any atom is -0.282 e. The van der Waals surface area contributed by atoms with Crippen LogP contribution in [0.1, 0.15) is 28.3 Å². The Labute approximate surface area is 144 Å². The molecule has 0 amide bonds. The topological polar surface area (TPSA) is 17.1 Å². The minimum atomic E-state index is -0.226. The molecule has 2 aromatic carbocycles. The molecule has 0 N–H and O–H groups in total. The molecule has 0 saturated heterocycles. The lowest BCUT2D eigenvalue weighted by molar-refractivity contribution is 0.109. The van der Waals surface area contributed by atoms with Gasteiger partial charge in [-0.1, -0.05) is 54.3 Å². The highest BCUT2D eigenvalue weighted by Crippen LogP contribution is 2.41. The lowest BCUT2D eigenvalue weighted by Gasteiger charge is -2.22. The van der Waals surface area contributed by atoms with Crippen molar-refractivity contribution < 1.29 is 9.18 Å². The van der Waals surface area contributed by atoms with Crippen molar-refractivity contribution in [3.8, 4) is 0 Å². The highest BCUT2D eigenvalue weighted by molar-refractivity contribution is 8.03. The van der Waals surface area contributed by atoms with Crippen LogP contribution in [0, 0.1) is 5.82 Å². The summed E-state index contributed by atoms with van der Waals surface area (Å²) in [5.41, 5.74) is 1.76. The van der Waals surface area contributed by atoms with Crippen LogP contribution in [0.5, 0.6) is 0 Å². The second-order valence-electron chi connectivity index (χ2n) is 5.27. The Morgan fingerprint density at radius 2 is 1.78 bits per heavy atom. The highest BCUT2D eigenvalue weighted by atomic mass is 32.2. The van der Waals surface area contributed by atoms with Gasteiger partial charge in [0.15, 0.2) is 0 Å². The molecule has 1 aliphatic rings. The average molecular weight is 342 g/mol. The largest absolute Gasteiger partial charge is 0.282 e. The van der Waals surface area contributed by atoms with Gasteiger partial charge in [0.2, 0.25) is 5.12 Å². The van der Waals surface area contributed by atoms with Gasteiger partial charge in [-0.05, 0) is 41.2 Å². The summed E-state index contributed by atoms with van der Waals surface area (Å²) in [5, 5.41) is -0.225. The number of halogens is 1. The summed E-state index contributed by atoms with van der Waals surface area (Å²) in [6, 6.07) is 14.1. The van der Waals surface area contributed by atoms with E-state index in [-0.39, 0.29) is 16.9 Å². The molecule has 0 aliphatic heterocycles. The molecule has 1 unspecified atom stereocenters. The molecular formula is C19H15FOS2. The predicted octanol–water partition coefficient (Wildman–Crippen LogP) is 5.62. The molecule has 0 saturated carbocycles. The smallest absolute Gasteiger partial charge is 0.216 e. The van der Waals surface area contributed by atoms with Crippen LogP contribution in [0.3, 0.4) is 0 Å². The molecule has 2 aromatic rings. The summed E-state index contributed by atoms with van der Waals surface area (Å²) < 4.78 is 13.0. The van der Waals surface area contributed by atoms with Gasteiger partial charge in [-0.3, -0.25) is 4.79 Å². The third-order valence-electron chi connectivity index (χ3n) is 3.72. The molecule has 0 aromatic heterocycles. The second-order valence-corrected chi connectivity index (χ2v) is 6.82. The maximum Gasteiger partial charge on any atom is 0.216 e. The summed E-state index contributed by atoms with van der Waals surface area (Å²) >= 11 is 5.49. The Morgan fingerprint density at radius 3 is 2.43 bits per heavy atom. The van der Waals surface area contributed by atoms with E-state index in [9.17, 15) is 9.18 Å². The molecule has 0 spiro atoms. The Morgan fingerprint density at radius 1 is 1.09 bits per heavy atom. The van der Waals surface area contributed by atoms with Crippen molar-refractivity contribution in [2.24, 2.45) is 0 Å². The third-order valence-corrected chi connectivity index (χ3v) is 5.14. The fourth-order valence-corrected chi connectivity index (χ4v) is 3.73. The lowest BCUT2D eigenvalue weighted by Crippen LogP contribution is -2.03. The van der Waals surface area contributed by atoms with Gasteiger partial charge in [0.05, 0.1) is 0 Å². The molecule has 1 nitrogen and oxygen atoms in total. The van der Waals surface area contributed by atoms with Crippen LogP contribution in [0.4, 0.5) is 4.39 Å². The Balaban J connectivity index is 1.83. The molecule has 0 heterocycles. The van der Waals surface area contributed by atoms with Gasteiger partial charge in [-0.15, -0.1) is 12.6 Å². The fraction of sp³-hybridized carbons (Fsp3) is 0.105. The average Bonchev–Trinajstić information content (AvgIpc) is 2.57. The molecule has 0 bridgehead atoms. The van der Waals surface area contributed by atoms with E-state index in [2.05, 4.69) is 24.8 Å². The predicted molar refractivity (Wildman–Crippen MR) is 96.6 cm³/mol. The summed E-state index contributed by atoms with van der Waals surface area (Å²) in [6.45, 7) is 0. The van der Waals surface area contributed by atoms with E-state index in [1.54, 1.807) is 23.9 Å². The van der Waals surface area contributed by atoms with Gasteiger partial charge >= 0.3 is 0 Å². The number of thioether (sulfide) groups is 1. The number of benzene rings is 2. The van der Waals surface area contributed by atoms with Crippen molar-refractivity contribution in [3.05, 3.63) is 88.6 Å². The lowest BCUT2D eigenvalue weighted by atomic mass is 9.92. The van der Waals surface area contributed by atoms with Crippen LogP contribution < -0.4 is 0 Å². The maximum absolute atomic E-state index is 13.0. The number of hydrogen-bond acceptors (Lipinski definition) is 2.